The fraction of sp³-hybridized carbons (Fsp3) is 0.120. The molecule has 0 N–H and O–H groups in total. The summed E-state index contributed by atoms with van der Waals surface area (Å²) in [5, 5.41) is 4.94. The van der Waals surface area contributed by atoms with Crippen LogP contribution in [0.15, 0.2) is 85.3 Å². The van der Waals surface area contributed by atoms with E-state index in [-0.39, 0.29) is 0 Å². The van der Waals surface area contributed by atoms with Gasteiger partial charge in [0.2, 0.25) is 0 Å². The summed E-state index contributed by atoms with van der Waals surface area (Å²) in [6.45, 7) is 0. The Bertz CT molecular complexity index is 1160. The molecule has 3 heteroatoms. The number of rotatable bonds is 2. The topological polar surface area (TPSA) is 30.7 Å². The van der Waals surface area contributed by atoms with Gasteiger partial charge >= 0.3 is 0 Å². The normalized spacial score (nSPS) is 14.9. The van der Waals surface area contributed by atoms with Crippen molar-refractivity contribution in [3.63, 3.8) is 0 Å². The van der Waals surface area contributed by atoms with Crippen molar-refractivity contribution in [1.29, 1.82) is 0 Å². The van der Waals surface area contributed by atoms with Gasteiger partial charge in [0.1, 0.15) is 0 Å². The van der Waals surface area contributed by atoms with Gasteiger partial charge in [-0.25, -0.2) is 4.68 Å². The molecular formula is C25H19N3. The third-order valence-corrected chi connectivity index (χ3v) is 5.18. The molecule has 3 nitrogen and oxygen atoms in total. The summed E-state index contributed by atoms with van der Waals surface area (Å²) in [6, 6.07) is 22.8. The van der Waals surface area contributed by atoms with E-state index >= 15 is 0 Å². The van der Waals surface area contributed by atoms with Gasteiger partial charge in [-0.1, -0.05) is 48.2 Å². The lowest BCUT2D eigenvalue weighted by atomic mass is 9.97. The minimum atomic E-state index is 0.394. The molecule has 1 aliphatic carbocycles. The summed E-state index contributed by atoms with van der Waals surface area (Å²) in [5.41, 5.74) is 6.83. The summed E-state index contributed by atoms with van der Waals surface area (Å²) in [4.78, 5) is 4.11. The summed E-state index contributed by atoms with van der Waals surface area (Å²) < 4.78 is 2.00. The lowest BCUT2D eigenvalue weighted by Gasteiger charge is -2.10. The van der Waals surface area contributed by atoms with Crippen molar-refractivity contribution in [3.05, 3.63) is 113 Å². The van der Waals surface area contributed by atoms with Crippen LogP contribution in [-0.4, -0.2) is 14.8 Å². The van der Waals surface area contributed by atoms with E-state index < -0.39 is 0 Å². The van der Waals surface area contributed by atoms with E-state index in [4.69, 9.17) is 5.10 Å². The van der Waals surface area contributed by atoms with Crippen LogP contribution < -0.4 is 0 Å². The summed E-state index contributed by atoms with van der Waals surface area (Å²) >= 11 is 0. The van der Waals surface area contributed by atoms with E-state index in [1.165, 1.54) is 16.8 Å². The van der Waals surface area contributed by atoms with Crippen LogP contribution in [0.4, 0.5) is 0 Å². The lowest BCUT2D eigenvalue weighted by Crippen LogP contribution is -2.01. The van der Waals surface area contributed by atoms with Crippen LogP contribution in [0.2, 0.25) is 0 Å². The first-order valence-corrected chi connectivity index (χ1v) is 9.53. The average Bonchev–Trinajstić information content (AvgIpc) is 3.35. The molecule has 2 heterocycles. The largest absolute Gasteiger partial charge is 0.263 e. The molecule has 0 saturated carbocycles. The molecule has 4 aromatic rings. The Labute approximate surface area is 164 Å². The second-order valence-corrected chi connectivity index (χ2v) is 7.03. The van der Waals surface area contributed by atoms with Crippen molar-refractivity contribution < 1.29 is 0 Å². The van der Waals surface area contributed by atoms with Crippen LogP contribution in [0.3, 0.4) is 0 Å². The van der Waals surface area contributed by atoms with Crippen LogP contribution in [0.5, 0.6) is 0 Å². The Morgan fingerprint density at radius 3 is 2.61 bits per heavy atom. The first-order chi connectivity index (χ1) is 13.9. The van der Waals surface area contributed by atoms with Crippen LogP contribution in [0.25, 0.3) is 5.69 Å². The molecule has 1 aliphatic rings. The molecule has 1 unspecified atom stereocenters. The van der Waals surface area contributed by atoms with Gasteiger partial charge in [-0.05, 0) is 54.3 Å². The van der Waals surface area contributed by atoms with Gasteiger partial charge in [0.05, 0.1) is 11.4 Å². The smallest absolute Gasteiger partial charge is 0.0735 e. The molecule has 0 radical (unpaired) electrons. The Kier molecular flexibility index (Phi) is 4.23. The number of nitrogens with zero attached hydrogens (tertiary/aromatic N) is 3. The van der Waals surface area contributed by atoms with E-state index in [1.807, 2.05) is 28.9 Å². The molecular weight excluding hydrogens is 342 g/mol. The zero-order valence-electron chi connectivity index (χ0n) is 15.4. The van der Waals surface area contributed by atoms with Gasteiger partial charge in [-0.15, -0.1) is 0 Å². The van der Waals surface area contributed by atoms with Gasteiger partial charge in [-0.2, -0.15) is 5.10 Å². The SMILES string of the molecule is C(#Cc1cccc(-n2cc3c(n2)C(c2ccccc2)CC3)c1)c1cccnc1. The van der Waals surface area contributed by atoms with E-state index in [0.29, 0.717) is 5.92 Å². The maximum atomic E-state index is 4.94. The van der Waals surface area contributed by atoms with Crippen molar-refractivity contribution in [3.8, 4) is 17.5 Å². The zero-order chi connectivity index (χ0) is 18.8. The second-order valence-electron chi connectivity index (χ2n) is 7.03. The molecule has 134 valence electrons. The fourth-order valence-corrected chi connectivity index (χ4v) is 3.79. The first kappa shape index (κ1) is 16.5. The van der Waals surface area contributed by atoms with Crippen molar-refractivity contribution in [2.24, 2.45) is 0 Å². The Morgan fingerprint density at radius 2 is 1.75 bits per heavy atom. The first-order valence-electron chi connectivity index (χ1n) is 9.53. The fourth-order valence-electron chi connectivity index (χ4n) is 3.79. The Morgan fingerprint density at radius 1 is 0.893 bits per heavy atom. The quantitative estimate of drug-likeness (QED) is 0.483. The molecule has 2 aromatic heterocycles. The highest BCUT2D eigenvalue weighted by molar-refractivity contribution is 5.47. The highest BCUT2D eigenvalue weighted by Gasteiger charge is 2.27. The van der Waals surface area contributed by atoms with Crippen LogP contribution in [-0.2, 0) is 6.42 Å². The van der Waals surface area contributed by atoms with Crippen LogP contribution >= 0.6 is 0 Å². The molecule has 1 atom stereocenters. The van der Waals surface area contributed by atoms with Crippen LogP contribution in [0, 0.1) is 11.8 Å². The number of aromatic nitrogens is 3. The van der Waals surface area contributed by atoms with Crippen molar-refractivity contribution >= 4 is 0 Å². The maximum Gasteiger partial charge on any atom is 0.0735 e. The molecule has 0 amide bonds. The number of fused-ring (bicyclic) bond motifs is 1. The molecule has 2 aromatic carbocycles. The van der Waals surface area contributed by atoms with Gasteiger partial charge in [-0.3, -0.25) is 4.98 Å². The average molecular weight is 361 g/mol. The monoisotopic (exact) mass is 361 g/mol. The molecule has 0 saturated heterocycles. The van der Waals surface area contributed by atoms with Crippen LogP contribution in [0.1, 0.15) is 40.3 Å². The van der Waals surface area contributed by atoms with E-state index in [9.17, 15) is 0 Å². The second kappa shape index (κ2) is 7.17. The Balaban J connectivity index is 1.45. The molecule has 28 heavy (non-hydrogen) atoms. The molecule has 0 spiro atoms. The third-order valence-electron chi connectivity index (χ3n) is 5.18. The van der Waals surface area contributed by atoms with E-state index in [1.54, 1.807) is 12.4 Å². The van der Waals surface area contributed by atoms with Gasteiger partial charge in [0.25, 0.3) is 0 Å². The highest BCUT2D eigenvalue weighted by Crippen LogP contribution is 2.37. The predicted molar refractivity (Wildman–Crippen MR) is 110 cm³/mol. The number of benzene rings is 2. The lowest BCUT2D eigenvalue weighted by molar-refractivity contribution is 0.726. The summed E-state index contributed by atoms with van der Waals surface area (Å²) in [5.74, 6) is 6.78. The predicted octanol–water partition coefficient (Wildman–Crippen LogP) is 4.75. The van der Waals surface area contributed by atoms with Gasteiger partial charge in [0, 0.05) is 35.6 Å². The van der Waals surface area contributed by atoms with Crippen molar-refractivity contribution in [2.45, 2.75) is 18.8 Å². The molecule has 0 fully saturated rings. The number of pyridine rings is 1. The zero-order valence-corrected chi connectivity index (χ0v) is 15.4. The van der Waals surface area contributed by atoms with E-state index in [0.717, 1.165) is 29.7 Å². The number of hydrogen-bond acceptors (Lipinski definition) is 2. The standard InChI is InChI=1S/C25H19N3/c1-2-8-21(9-3-1)24-14-13-22-18-28(27-25(22)24)23-10-4-6-19(16-23)11-12-20-7-5-15-26-17-20/h1-10,15-18,24H,13-14H2. The van der Waals surface area contributed by atoms with Crippen molar-refractivity contribution in [1.82, 2.24) is 14.8 Å². The number of hydrogen-bond donors (Lipinski definition) is 0. The van der Waals surface area contributed by atoms with E-state index in [2.05, 4.69) is 65.5 Å². The summed E-state index contributed by atoms with van der Waals surface area (Å²) in [7, 11) is 0. The molecule has 0 bridgehead atoms. The maximum absolute atomic E-state index is 4.94. The van der Waals surface area contributed by atoms with Crippen molar-refractivity contribution in [2.75, 3.05) is 0 Å². The number of aryl methyl sites for hydroxylation is 1. The summed E-state index contributed by atoms with van der Waals surface area (Å²) in [6.07, 6.45) is 7.92. The molecule has 0 aliphatic heterocycles. The highest BCUT2D eigenvalue weighted by atomic mass is 15.3. The minimum absolute atomic E-state index is 0.394. The van der Waals surface area contributed by atoms with Gasteiger partial charge < -0.3 is 0 Å². The third kappa shape index (κ3) is 3.21. The minimum Gasteiger partial charge on any atom is -0.263 e. The molecule has 5 rings (SSSR count). The van der Waals surface area contributed by atoms with Gasteiger partial charge in [0.15, 0.2) is 0 Å². The Hall–Kier alpha value is -3.64.